The average Bonchev–Trinajstić information content (AvgIpc) is 3.36. The van der Waals surface area contributed by atoms with E-state index in [1.165, 1.54) is 4.90 Å². The van der Waals surface area contributed by atoms with Gasteiger partial charge in [-0.15, -0.1) is 0 Å². The number of carbonyl (C=O) groups excluding carboxylic acids is 3. The summed E-state index contributed by atoms with van der Waals surface area (Å²) in [6.07, 6.45) is 1.94. The zero-order chi connectivity index (χ0) is 22.7. The minimum Gasteiger partial charge on any atom is -0.497 e. The maximum absolute atomic E-state index is 12.9. The Labute approximate surface area is 186 Å². The Balaban J connectivity index is 1.53. The van der Waals surface area contributed by atoms with Gasteiger partial charge in [0.25, 0.3) is 5.91 Å². The molecule has 2 aromatic rings. The normalized spacial score (nSPS) is 16.2. The first kappa shape index (κ1) is 21.7. The van der Waals surface area contributed by atoms with E-state index in [0.717, 1.165) is 12.8 Å². The molecule has 0 bridgehead atoms. The highest BCUT2D eigenvalue weighted by Gasteiger charge is 2.36. The number of ketones is 1. The fraction of sp³-hybridized carbons (Fsp3) is 0.375. The number of amides is 2. The van der Waals surface area contributed by atoms with Crippen molar-refractivity contribution in [3.8, 4) is 17.2 Å². The van der Waals surface area contributed by atoms with Gasteiger partial charge >= 0.3 is 0 Å². The topological polar surface area (TPSA) is 85.4 Å². The van der Waals surface area contributed by atoms with Crippen LogP contribution >= 0.6 is 0 Å². The van der Waals surface area contributed by atoms with Gasteiger partial charge in [0.1, 0.15) is 23.3 Å². The molecule has 0 radical (unpaired) electrons. The maximum Gasteiger partial charge on any atom is 0.265 e. The molecule has 2 aliphatic rings. The summed E-state index contributed by atoms with van der Waals surface area (Å²) in [5.41, 5.74) is 0.796. The van der Waals surface area contributed by atoms with Crippen LogP contribution in [-0.4, -0.2) is 62.0 Å². The summed E-state index contributed by atoms with van der Waals surface area (Å²) in [6, 6.07) is 11.2. The second kappa shape index (κ2) is 9.30. The SMILES string of the molecule is COc1cccc(OCC(=O)c2ccc3c(c2)N([C@H](C)C(=O)N2CCCC2)C(=O)CO3)c1. The highest BCUT2D eigenvalue weighted by molar-refractivity contribution is 6.05. The molecule has 1 atom stereocenters. The van der Waals surface area contributed by atoms with Crippen LogP contribution in [0, 0.1) is 0 Å². The molecule has 1 fully saturated rings. The van der Waals surface area contributed by atoms with Crippen molar-refractivity contribution in [1.82, 2.24) is 4.90 Å². The van der Waals surface area contributed by atoms with E-state index in [1.807, 2.05) is 0 Å². The van der Waals surface area contributed by atoms with Crippen LogP contribution in [0.25, 0.3) is 0 Å². The molecule has 4 rings (SSSR count). The number of hydrogen-bond donors (Lipinski definition) is 0. The van der Waals surface area contributed by atoms with E-state index in [2.05, 4.69) is 0 Å². The molecule has 0 N–H and O–H groups in total. The number of nitrogens with zero attached hydrogens (tertiary/aromatic N) is 2. The Hall–Kier alpha value is -3.55. The molecule has 168 valence electrons. The predicted octanol–water partition coefficient (Wildman–Crippen LogP) is 2.69. The molecule has 8 nitrogen and oxygen atoms in total. The van der Waals surface area contributed by atoms with Crippen LogP contribution in [-0.2, 0) is 9.59 Å². The highest BCUT2D eigenvalue weighted by atomic mass is 16.5. The number of hydrogen-bond acceptors (Lipinski definition) is 6. The van der Waals surface area contributed by atoms with E-state index in [-0.39, 0.29) is 30.8 Å². The number of benzene rings is 2. The number of rotatable bonds is 7. The van der Waals surface area contributed by atoms with Crippen LogP contribution < -0.4 is 19.1 Å². The first-order valence-corrected chi connectivity index (χ1v) is 10.7. The van der Waals surface area contributed by atoms with Crippen LogP contribution in [0.4, 0.5) is 5.69 Å². The number of methoxy groups -OCH3 is 1. The van der Waals surface area contributed by atoms with Crippen molar-refractivity contribution in [2.45, 2.75) is 25.8 Å². The second-order valence-corrected chi connectivity index (χ2v) is 7.83. The molecule has 0 spiro atoms. The first-order valence-electron chi connectivity index (χ1n) is 10.7. The van der Waals surface area contributed by atoms with Crippen molar-refractivity contribution in [3.63, 3.8) is 0 Å². The van der Waals surface area contributed by atoms with Gasteiger partial charge in [-0.25, -0.2) is 0 Å². The first-order chi connectivity index (χ1) is 15.5. The zero-order valence-electron chi connectivity index (χ0n) is 18.2. The molecule has 8 heteroatoms. The summed E-state index contributed by atoms with van der Waals surface area (Å²) in [7, 11) is 1.56. The molecule has 0 unspecified atom stereocenters. The van der Waals surface area contributed by atoms with Gasteiger partial charge in [-0.3, -0.25) is 19.3 Å². The van der Waals surface area contributed by atoms with E-state index in [1.54, 1.807) is 61.4 Å². The largest absolute Gasteiger partial charge is 0.497 e. The summed E-state index contributed by atoms with van der Waals surface area (Å²) >= 11 is 0. The van der Waals surface area contributed by atoms with E-state index in [0.29, 0.717) is 41.6 Å². The Kier molecular flexibility index (Phi) is 6.30. The summed E-state index contributed by atoms with van der Waals surface area (Å²) in [5, 5.41) is 0. The lowest BCUT2D eigenvalue weighted by molar-refractivity contribution is -0.133. The number of anilines is 1. The highest BCUT2D eigenvalue weighted by Crippen LogP contribution is 2.35. The van der Waals surface area contributed by atoms with Gasteiger partial charge in [-0.05, 0) is 50.1 Å². The molecule has 0 aliphatic carbocycles. The minimum atomic E-state index is -0.679. The van der Waals surface area contributed by atoms with Crippen LogP contribution in [0.5, 0.6) is 17.2 Å². The van der Waals surface area contributed by atoms with Gasteiger partial charge in [0.05, 0.1) is 12.8 Å². The zero-order valence-corrected chi connectivity index (χ0v) is 18.2. The van der Waals surface area contributed by atoms with Crippen LogP contribution in [0.15, 0.2) is 42.5 Å². The third-order valence-corrected chi connectivity index (χ3v) is 5.73. The average molecular weight is 438 g/mol. The predicted molar refractivity (Wildman–Crippen MR) is 118 cm³/mol. The number of fused-ring (bicyclic) bond motifs is 1. The van der Waals surface area contributed by atoms with Gasteiger partial charge in [0.2, 0.25) is 5.91 Å². The molecule has 2 aliphatic heterocycles. The molecule has 0 saturated carbocycles. The lowest BCUT2D eigenvalue weighted by Crippen LogP contribution is -2.52. The number of likely N-dealkylation sites (tertiary alicyclic amines) is 1. The summed E-state index contributed by atoms with van der Waals surface area (Å²) in [5.74, 6) is 0.951. The fourth-order valence-corrected chi connectivity index (χ4v) is 4.00. The van der Waals surface area contributed by atoms with Gasteiger partial charge in [0, 0.05) is 24.7 Å². The molecule has 2 aromatic carbocycles. The lowest BCUT2D eigenvalue weighted by Gasteiger charge is -2.35. The van der Waals surface area contributed by atoms with Crippen LogP contribution in [0.2, 0.25) is 0 Å². The standard InChI is InChI=1S/C24H26N2O6/c1-16(24(29)25-10-3-4-11-25)26-20-12-17(8-9-22(20)32-15-23(26)28)21(27)14-31-19-7-5-6-18(13-19)30-2/h5-9,12-13,16H,3-4,10-11,14-15H2,1-2H3/t16-/m1/s1. The Bertz CT molecular complexity index is 1030. The summed E-state index contributed by atoms with van der Waals surface area (Å²) < 4.78 is 16.3. The smallest absolute Gasteiger partial charge is 0.265 e. The van der Waals surface area contributed by atoms with Gasteiger partial charge in [-0.1, -0.05) is 6.07 Å². The lowest BCUT2D eigenvalue weighted by atomic mass is 10.1. The van der Waals surface area contributed by atoms with Gasteiger partial charge < -0.3 is 19.1 Å². The monoisotopic (exact) mass is 438 g/mol. The van der Waals surface area contributed by atoms with Crippen molar-refractivity contribution >= 4 is 23.3 Å². The van der Waals surface area contributed by atoms with Gasteiger partial charge in [0.15, 0.2) is 19.0 Å². The summed E-state index contributed by atoms with van der Waals surface area (Å²) in [6.45, 7) is 2.80. The molecule has 0 aromatic heterocycles. The van der Waals surface area contributed by atoms with Crippen molar-refractivity contribution in [2.75, 3.05) is 38.3 Å². The second-order valence-electron chi connectivity index (χ2n) is 7.83. The molecular weight excluding hydrogens is 412 g/mol. The Morgan fingerprint density at radius 1 is 1.09 bits per heavy atom. The molecule has 1 saturated heterocycles. The van der Waals surface area contributed by atoms with Crippen molar-refractivity contribution < 1.29 is 28.6 Å². The van der Waals surface area contributed by atoms with Crippen molar-refractivity contribution in [1.29, 1.82) is 0 Å². The van der Waals surface area contributed by atoms with Crippen molar-refractivity contribution in [2.24, 2.45) is 0 Å². The third-order valence-electron chi connectivity index (χ3n) is 5.73. The van der Waals surface area contributed by atoms with E-state index >= 15 is 0 Å². The third kappa shape index (κ3) is 4.39. The number of ether oxygens (including phenoxy) is 3. The molecular formula is C24H26N2O6. The van der Waals surface area contributed by atoms with E-state index in [9.17, 15) is 14.4 Å². The molecule has 32 heavy (non-hydrogen) atoms. The minimum absolute atomic E-state index is 0.0956. The summed E-state index contributed by atoms with van der Waals surface area (Å²) in [4.78, 5) is 41.6. The Morgan fingerprint density at radius 3 is 2.59 bits per heavy atom. The van der Waals surface area contributed by atoms with Crippen molar-refractivity contribution in [3.05, 3.63) is 48.0 Å². The van der Waals surface area contributed by atoms with Crippen LogP contribution in [0.1, 0.15) is 30.1 Å². The van der Waals surface area contributed by atoms with Crippen LogP contribution in [0.3, 0.4) is 0 Å². The quantitative estimate of drug-likeness (QED) is 0.618. The Morgan fingerprint density at radius 2 is 1.84 bits per heavy atom. The maximum atomic E-state index is 12.9. The number of carbonyl (C=O) groups is 3. The van der Waals surface area contributed by atoms with E-state index < -0.39 is 6.04 Å². The molecule has 2 amide bonds. The number of Topliss-reactive ketones (excluding diaryl/α,β-unsaturated/α-hetero) is 1. The molecule has 2 heterocycles. The van der Waals surface area contributed by atoms with Gasteiger partial charge in [-0.2, -0.15) is 0 Å². The van der Waals surface area contributed by atoms with E-state index in [4.69, 9.17) is 14.2 Å². The fourth-order valence-electron chi connectivity index (χ4n) is 4.00.